The number of esters is 2. The second-order valence-electron chi connectivity index (χ2n) is 14.6. The van der Waals surface area contributed by atoms with Crippen molar-refractivity contribution < 1.29 is 78.6 Å². The number of carboxylic acids is 1. The van der Waals surface area contributed by atoms with E-state index in [0.29, 0.717) is 12.0 Å². The Morgan fingerprint density at radius 3 is 2.39 bits per heavy atom. The highest BCUT2D eigenvalue weighted by molar-refractivity contribution is 5.97. The molecule has 1 spiro atoms. The number of ketones is 1. The van der Waals surface area contributed by atoms with E-state index >= 15 is 0 Å². The number of Topliss-reactive ketones (excluding diaryl/α,β-unsaturated/α-hetero) is 1. The van der Waals surface area contributed by atoms with Gasteiger partial charge >= 0.3 is 17.9 Å². The topological polar surface area (TPSA) is 256 Å². The van der Waals surface area contributed by atoms with Gasteiger partial charge < -0.3 is 59.4 Å². The number of ether oxygens (including phenoxy) is 5. The number of carbonyl (C=O) groups excluding carboxylic acids is 3. The van der Waals surface area contributed by atoms with Crippen LogP contribution in [-0.4, -0.2) is 133 Å². The van der Waals surface area contributed by atoms with Gasteiger partial charge in [0.15, 0.2) is 11.5 Å². The molecule has 6 rings (SSSR count). The maximum atomic E-state index is 13.8. The molecule has 0 radical (unpaired) electrons. The van der Waals surface area contributed by atoms with Gasteiger partial charge in [-0.25, -0.2) is 14.4 Å². The first-order valence-electron chi connectivity index (χ1n) is 16.6. The summed E-state index contributed by atoms with van der Waals surface area (Å²) in [4.78, 5) is 53.6. The summed E-state index contributed by atoms with van der Waals surface area (Å²) in [6.07, 6.45) is -11.4. The van der Waals surface area contributed by atoms with E-state index in [1.54, 1.807) is 20.8 Å². The zero-order valence-electron chi connectivity index (χ0n) is 27.5. The third-order valence-corrected chi connectivity index (χ3v) is 12.0. The van der Waals surface area contributed by atoms with Gasteiger partial charge in [0.25, 0.3) is 0 Å². The van der Waals surface area contributed by atoms with Crippen molar-refractivity contribution in [1.29, 1.82) is 0 Å². The summed E-state index contributed by atoms with van der Waals surface area (Å²) in [5.41, 5.74) is -4.78. The van der Waals surface area contributed by atoms with Crippen molar-refractivity contribution in [3.8, 4) is 0 Å². The van der Waals surface area contributed by atoms with E-state index < -0.39 is 132 Å². The first-order valence-corrected chi connectivity index (χ1v) is 16.6. The van der Waals surface area contributed by atoms with Gasteiger partial charge in [0, 0.05) is 23.3 Å². The number of fused-ring (bicyclic) bond motifs is 2. The van der Waals surface area contributed by atoms with Crippen LogP contribution in [0.25, 0.3) is 0 Å². The number of hydrogen-bond acceptors (Lipinski definition) is 15. The van der Waals surface area contributed by atoms with Gasteiger partial charge in [-0.2, -0.15) is 0 Å². The molecule has 6 aliphatic rings. The van der Waals surface area contributed by atoms with Crippen LogP contribution in [0.3, 0.4) is 0 Å². The summed E-state index contributed by atoms with van der Waals surface area (Å²) in [7, 11) is 0. The van der Waals surface area contributed by atoms with Crippen molar-refractivity contribution in [3.05, 3.63) is 23.5 Å². The molecule has 16 atom stereocenters. The number of aliphatic hydroxyl groups excluding tert-OH is 6. The van der Waals surface area contributed by atoms with Crippen LogP contribution in [0.4, 0.5) is 0 Å². The monoisotopic (exact) mass is 696 g/mol. The minimum atomic E-state index is -2.57. The standard InChI is InChI=1S/C33H44O16/c1-5-6-12(2)7-18(35)49-24-26-32-11-45-33(26,30(43)44)27(41)23(40)25(32)31(4)9-15(19(36)13(3)14(31)8-17(32)48-28(24)42)46-29-22(39)21(38)20(37)16(10-34)47-29/h7,9,13-14,16-17,20-27,29,34,37-41H,5-6,8,10-11H2,1-4H3,(H,43,44). The Morgan fingerprint density at radius 1 is 1.06 bits per heavy atom. The molecule has 2 bridgehead atoms. The third-order valence-electron chi connectivity index (χ3n) is 12.0. The smallest absolute Gasteiger partial charge is 0.348 e. The van der Waals surface area contributed by atoms with Crippen LogP contribution in [0.1, 0.15) is 47.0 Å². The van der Waals surface area contributed by atoms with Crippen molar-refractivity contribution in [1.82, 2.24) is 0 Å². The van der Waals surface area contributed by atoms with Crippen LogP contribution in [0, 0.1) is 34.5 Å². The van der Waals surface area contributed by atoms with Crippen LogP contribution in [0.2, 0.25) is 0 Å². The van der Waals surface area contributed by atoms with Crippen LogP contribution in [0.5, 0.6) is 0 Å². The molecule has 16 unspecified atom stereocenters. The first-order chi connectivity index (χ1) is 23.0. The van der Waals surface area contributed by atoms with Crippen molar-refractivity contribution in [2.45, 2.75) is 108 Å². The van der Waals surface area contributed by atoms with Gasteiger partial charge in [-0.1, -0.05) is 32.8 Å². The fourth-order valence-electron chi connectivity index (χ4n) is 9.86. The quantitative estimate of drug-likeness (QED) is 0.111. The lowest BCUT2D eigenvalue weighted by molar-refractivity contribution is -0.296. The van der Waals surface area contributed by atoms with E-state index in [1.165, 1.54) is 12.2 Å². The lowest BCUT2D eigenvalue weighted by Crippen LogP contribution is -2.79. The van der Waals surface area contributed by atoms with E-state index in [4.69, 9.17) is 23.7 Å². The molecule has 49 heavy (non-hydrogen) atoms. The number of aliphatic carboxylic acids is 1. The predicted octanol–water partition coefficient (Wildman–Crippen LogP) is -1.68. The Balaban J connectivity index is 1.46. The highest BCUT2D eigenvalue weighted by atomic mass is 16.7. The highest BCUT2D eigenvalue weighted by Crippen LogP contribution is 2.72. The molecule has 3 heterocycles. The zero-order valence-corrected chi connectivity index (χ0v) is 27.5. The van der Waals surface area contributed by atoms with E-state index in [0.717, 1.165) is 6.42 Å². The van der Waals surface area contributed by atoms with Crippen molar-refractivity contribution >= 4 is 23.7 Å². The summed E-state index contributed by atoms with van der Waals surface area (Å²) in [6, 6.07) is 0. The average Bonchev–Trinajstić information content (AvgIpc) is 3.35. The van der Waals surface area contributed by atoms with Crippen molar-refractivity contribution in [3.63, 3.8) is 0 Å². The lowest BCUT2D eigenvalue weighted by Gasteiger charge is -2.67. The molecule has 272 valence electrons. The molecule has 5 fully saturated rings. The molecular formula is C33H44O16. The third kappa shape index (κ3) is 4.93. The Bertz CT molecular complexity index is 1460. The number of aliphatic hydroxyl groups is 6. The number of rotatable bonds is 8. The fraction of sp³-hybridized carbons (Fsp3) is 0.758. The second-order valence-corrected chi connectivity index (χ2v) is 14.6. The van der Waals surface area contributed by atoms with Crippen LogP contribution in [-0.2, 0) is 42.9 Å². The van der Waals surface area contributed by atoms with Crippen LogP contribution in [0.15, 0.2) is 23.5 Å². The molecule has 0 amide bonds. The molecule has 3 aliphatic carbocycles. The second kappa shape index (κ2) is 12.4. The fourth-order valence-corrected chi connectivity index (χ4v) is 9.86. The van der Waals surface area contributed by atoms with Gasteiger partial charge in [-0.15, -0.1) is 0 Å². The summed E-state index contributed by atoms with van der Waals surface area (Å²) < 4.78 is 28.8. The maximum absolute atomic E-state index is 13.8. The Labute approximate surface area is 281 Å². The highest BCUT2D eigenvalue weighted by Gasteiger charge is 2.85. The van der Waals surface area contributed by atoms with Crippen molar-refractivity contribution in [2.24, 2.45) is 34.5 Å². The molecule has 3 aliphatic heterocycles. The largest absolute Gasteiger partial charge is 0.479 e. The van der Waals surface area contributed by atoms with Crippen LogP contribution < -0.4 is 0 Å². The van der Waals surface area contributed by atoms with Gasteiger partial charge in [0.1, 0.15) is 36.6 Å². The van der Waals surface area contributed by atoms with Gasteiger partial charge in [0.2, 0.25) is 18.0 Å². The molecular weight excluding hydrogens is 652 g/mol. The molecule has 7 N–H and O–H groups in total. The van der Waals surface area contributed by atoms with Crippen molar-refractivity contribution in [2.75, 3.05) is 13.2 Å². The first kappa shape index (κ1) is 35.9. The maximum Gasteiger partial charge on any atom is 0.348 e. The predicted molar refractivity (Wildman–Crippen MR) is 159 cm³/mol. The Morgan fingerprint density at radius 2 is 1.76 bits per heavy atom. The minimum Gasteiger partial charge on any atom is -0.479 e. The van der Waals surface area contributed by atoms with E-state index in [9.17, 15) is 54.9 Å². The molecule has 2 saturated carbocycles. The number of hydrogen-bond donors (Lipinski definition) is 7. The summed E-state index contributed by atoms with van der Waals surface area (Å²) >= 11 is 0. The lowest BCUT2D eigenvalue weighted by atomic mass is 9.38. The molecule has 0 aromatic carbocycles. The van der Waals surface area contributed by atoms with Gasteiger partial charge in [0.05, 0.1) is 25.2 Å². The number of carboxylic acid groups (broad SMARTS) is 1. The molecule has 0 aromatic rings. The summed E-state index contributed by atoms with van der Waals surface area (Å²) in [5, 5.41) is 74.9. The zero-order chi connectivity index (χ0) is 36.0. The molecule has 16 nitrogen and oxygen atoms in total. The van der Waals surface area contributed by atoms with E-state index in [2.05, 4.69) is 0 Å². The van der Waals surface area contributed by atoms with Crippen LogP contribution >= 0.6 is 0 Å². The van der Waals surface area contributed by atoms with Gasteiger partial charge in [-0.3, -0.25) is 4.79 Å². The van der Waals surface area contributed by atoms with E-state index in [-0.39, 0.29) is 12.2 Å². The van der Waals surface area contributed by atoms with E-state index in [1.807, 2.05) is 6.92 Å². The number of carbonyl (C=O) groups is 4. The SMILES string of the molecule is CCCC(C)=CC(=O)OC1C(=O)OC2CC3C(C)C(=O)C(OC4OC(CO)C(O)C(O)C4O)=CC3(C)C3C(O)C(O)C4(C(=O)O)OCC23C14. The molecule has 16 heteroatoms. The van der Waals surface area contributed by atoms with Gasteiger partial charge in [-0.05, 0) is 37.2 Å². The normalized spacial score (nSPS) is 48.9. The number of allylic oxidation sites excluding steroid dienone is 3. The molecule has 0 aromatic heterocycles. The summed E-state index contributed by atoms with van der Waals surface area (Å²) in [6.45, 7) is 5.72. The Kier molecular flexibility index (Phi) is 9.05. The average molecular weight is 697 g/mol. The molecule has 3 saturated heterocycles. The minimum absolute atomic E-state index is 0.00399. The Hall–Kier alpha value is -2.96. The summed E-state index contributed by atoms with van der Waals surface area (Å²) in [5.74, 6) is -8.80.